The first-order chi connectivity index (χ1) is 7.68. The van der Waals surface area contributed by atoms with E-state index in [0.717, 1.165) is 44.9 Å². The van der Waals surface area contributed by atoms with Crippen molar-refractivity contribution in [2.24, 2.45) is 11.3 Å². The van der Waals surface area contributed by atoms with E-state index in [9.17, 15) is 4.79 Å². The Balaban J connectivity index is 2.00. The smallest absolute Gasteiger partial charge is 0.230 e. The minimum Gasteiger partial charge on any atom is -0.342 e. The second-order valence-corrected chi connectivity index (χ2v) is 5.54. The first-order valence-corrected chi connectivity index (χ1v) is 6.68. The SMILES string of the molecule is CCC1(C(=O)N2CCC(C)CC2)CCNC1. The third-order valence-electron chi connectivity index (χ3n) is 4.45. The zero-order chi connectivity index (χ0) is 11.6. The lowest BCUT2D eigenvalue weighted by atomic mass is 9.82. The van der Waals surface area contributed by atoms with E-state index < -0.39 is 0 Å². The molecule has 2 aliphatic rings. The molecule has 1 unspecified atom stereocenters. The maximum absolute atomic E-state index is 12.5. The lowest BCUT2D eigenvalue weighted by molar-refractivity contribution is -0.142. The van der Waals surface area contributed by atoms with Crippen LogP contribution in [0.1, 0.15) is 39.5 Å². The number of carbonyl (C=O) groups excluding carboxylic acids is 1. The molecule has 1 atom stereocenters. The minimum atomic E-state index is -0.0828. The van der Waals surface area contributed by atoms with Gasteiger partial charge in [0.05, 0.1) is 5.41 Å². The van der Waals surface area contributed by atoms with Crippen LogP contribution in [0.2, 0.25) is 0 Å². The largest absolute Gasteiger partial charge is 0.342 e. The molecule has 2 fully saturated rings. The van der Waals surface area contributed by atoms with Gasteiger partial charge in [-0.2, -0.15) is 0 Å². The number of nitrogens with zero attached hydrogens (tertiary/aromatic N) is 1. The van der Waals surface area contributed by atoms with E-state index in [0.29, 0.717) is 5.91 Å². The molecule has 0 spiro atoms. The molecule has 3 nitrogen and oxygen atoms in total. The van der Waals surface area contributed by atoms with Gasteiger partial charge in [0.15, 0.2) is 0 Å². The molecule has 0 aliphatic carbocycles. The molecule has 0 aromatic heterocycles. The first kappa shape index (κ1) is 11.9. The highest BCUT2D eigenvalue weighted by Gasteiger charge is 2.42. The van der Waals surface area contributed by atoms with Gasteiger partial charge in [0.2, 0.25) is 5.91 Å². The van der Waals surface area contributed by atoms with Crippen molar-refractivity contribution in [1.82, 2.24) is 10.2 Å². The molecule has 0 aromatic rings. The highest BCUT2D eigenvalue weighted by atomic mass is 16.2. The summed E-state index contributed by atoms with van der Waals surface area (Å²) in [6.45, 7) is 8.27. The standard InChI is InChI=1S/C13H24N2O/c1-3-13(6-7-14-10-13)12(16)15-8-4-11(2)5-9-15/h11,14H,3-10H2,1-2H3. The van der Waals surface area contributed by atoms with Crippen LogP contribution < -0.4 is 5.32 Å². The lowest BCUT2D eigenvalue weighted by Gasteiger charge is -2.37. The number of rotatable bonds is 2. The number of likely N-dealkylation sites (tertiary alicyclic amines) is 1. The van der Waals surface area contributed by atoms with E-state index in [1.54, 1.807) is 0 Å². The molecule has 16 heavy (non-hydrogen) atoms. The molecule has 2 rings (SSSR count). The number of hydrogen-bond donors (Lipinski definition) is 1. The van der Waals surface area contributed by atoms with Crippen LogP contribution in [0.3, 0.4) is 0 Å². The summed E-state index contributed by atoms with van der Waals surface area (Å²) >= 11 is 0. The molecular weight excluding hydrogens is 200 g/mol. The number of hydrogen-bond acceptors (Lipinski definition) is 2. The Hall–Kier alpha value is -0.570. The van der Waals surface area contributed by atoms with Gasteiger partial charge in [0, 0.05) is 19.6 Å². The Bertz CT molecular complexity index is 251. The second kappa shape index (κ2) is 4.74. The van der Waals surface area contributed by atoms with Gasteiger partial charge in [-0.05, 0) is 38.1 Å². The second-order valence-electron chi connectivity index (χ2n) is 5.54. The fourth-order valence-electron chi connectivity index (χ4n) is 2.93. The molecule has 0 radical (unpaired) electrons. The fraction of sp³-hybridized carbons (Fsp3) is 0.923. The first-order valence-electron chi connectivity index (χ1n) is 6.68. The van der Waals surface area contributed by atoms with E-state index >= 15 is 0 Å². The van der Waals surface area contributed by atoms with E-state index in [2.05, 4.69) is 24.1 Å². The maximum atomic E-state index is 12.5. The highest BCUT2D eigenvalue weighted by Crippen LogP contribution is 2.33. The quantitative estimate of drug-likeness (QED) is 0.773. The summed E-state index contributed by atoms with van der Waals surface area (Å²) in [7, 11) is 0. The molecule has 2 aliphatic heterocycles. The van der Waals surface area contributed by atoms with Gasteiger partial charge < -0.3 is 10.2 Å². The molecule has 92 valence electrons. The van der Waals surface area contributed by atoms with Crippen LogP contribution in [0, 0.1) is 11.3 Å². The predicted molar refractivity (Wildman–Crippen MR) is 65.2 cm³/mol. The molecule has 1 amide bonds. The van der Waals surface area contributed by atoms with Crippen LogP contribution in [0.5, 0.6) is 0 Å². The Labute approximate surface area is 98.6 Å². The van der Waals surface area contributed by atoms with E-state index in [-0.39, 0.29) is 5.41 Å². The lowest BCUT2D eigenvalue weighted by Crippen LogP contribution is -2.48. The van der Waals surface area contributed by atoms with Gasteiger partial charge in [0.25, 0.3) is 0 Å². The van der Waals surface area contributed by atoms with Crippen LogP contribution in [0.15, 0.2) is 0 Å². The average Bonchev–Trinajstić information content (AvgIpc) is 2.79. The number of nitrogens with one attached hydrogen (secondary N) is 1. The molecule has 0 bridgehead atoms. The molecule has 0 aromatic carbocycles. The van der Waals surface area contributed by atoms with Gasteiger partial charge in [0.1, 0.15) is 0 Å². The van der Waals surface area contributed by atoms with Gasteiger partial charge >= 0.3 is 0 Å². The summed E-state index contributed by atoms with van der Waals surface area (Å²) in [6.07, 6.45) is 4.36. The molecule has 0 saturated carbocycles. The Morgan fingerprint density at radius 1 is 1.44 bits per heavy atom. The van der Waals surface area contributed by atoms with E-state index in [1.807, 2.05) is 0 Å². The summed E-state index contributed by atoms with van der Waals surface area (Å²) in [5.74, 6) is 1.20. The topological polar surface area (TPSA) is 32.3 Å². The van der Waals surface area contributed by atoms with Crippen LogP contribution in [-0.4, -0.2) is 37.0 Å². The molecule has 1 N–H and O–H groups in total. The third kappa shape index (κ3) is 2.10. The van der Waals surface area contributed by atoms with Gasteiger partial charge in [-0.1, -0.05) is 13.8 Å². The predicted octanol–water partition coefficient (Wildman–Crippen LogP) is 1.63. The van der Waals surface area contributed by atoms with Crippen molar-refractivity contribution in [3.8, 4) is 0 Å². The van der Waals surface area contributed by atoms with Crippen molar-refractivity contribution in [3.63, 3.8) is 0 Å². The highest BCUT2D eigenvalue weighted by molar-refractivity contribution is 5.83. The summed E-state index contributed by atoms with van der Waals surface area (Å²) in [6, 6.07) is 0. The Morgan fingerprint density at radius 3 is 2.62 bits per heavy atom. The van der Waals surface area contributed by atoms with Crippen molar-refractivity contribution in [2.45, 2.75) is 39.5 Å². The average molecular weight is 224 g/mol. The van der Waals surface area contributed by atoms with Crippen molar-refractivity contribution >= 4 is 5.91 Å². The minimum absolute atomic E-state index is 0.0828. The number of piperidine rings is 1. The summed E-state index contributed by atoms with van der Waals surface area (Å²) < 4.78 is 0. The van der Waals surface area contributed by atoms with Crippen LogP contribution in [0.25, 0.3) is 0 Å². The van der Waals surface area contributed by atoms with Crippen molar-refractivity contribution in [2.75, 3.05) is 26.2 Å². The summed E-state index contributed by atoms with van der Waals surface area (Å²) in [5.41, 5.74) is -0.0828. The van der Waals surface area contributed by atoms with Gasteiger partial charge in [-0.25, -0.2) is 0 Å². The van der Waals surface area contributed by atoms with Crippen LogP contribution >= 0.6 is 0 Å². The van der Waals surface area contributed by atoms with E-state index in [1.165, 1.54) is 12.8 Å². The van der Waals surface area contributed by atoms with Crippen molar-refractivity contribution < 1.29 is 4.79 Å². The molecular formula is C13H24N2O. The normalized spacial score (nSPS) is 32.0. The monoisotopic (exact) mass is 224 g/mol. The Kier molecular flexibility index (Phi) is 3.53. The fourth-order valence-corrected chi connectivity index (χ4v) is 2.93. The molecule has 3 heteroatoms. The van der Waals surface area contributed by atoms with Crippen LogP contribution in [0.4, 0.5) is 0 Å². The number of carbonyl (C=O) groups is 1. The molecule has 2 heterocycles. The van der Waals surface area contributed by atoms with Crippen LogP contribution in [-0.2, 0) is 4.79 Å². The zero-order valence-corrected chi connectivity index (χ0v) is 10.6. The van der Waals surface area contributed by atoms with Gasteiger partial charge in [-0.15, -0.1) is 0 Å². The van der Waals surface area contributed by atoms with Crippen molar-refractivity contribution in [3.05, 3.63) is 0 Å². The zero-order valence-electron chi connectivity index (χ0n) is 10.6. The molecule has 2 saturated heterocycles. The number of amides is 1. The summed E-state index contributed by atoms with van der Waals surface area (Å²) in [5, 5.41) is 3.35. The maximum Gasteiger partial charge on any atom is 0.230 e. The third-order valence-corrected chi connectivity index (χ3v) is 4.45. The summed E-state index contributed by atoms with van der Waals surface area (Å²) in [4.78, 5) is 14.7. The Morgan fingerprint density at radius 2 is 2.12 bits per heavy atom. The van der Waals surface area contributed by atoms with Crippen molar-refractivity contribution in [1.29, 1.82) is 0 Å². The van der Waals surface area contributed by atoms with E-state index in [4.69, 9.17) is 0 Å². The van der Waals surface area contributed by atoms with Gasteiger partial charge in [-0.3, -0.25) is 4.79 Å².